The van der Waals surface area contributed by atoms with Gasteiger partial charge in [-0.25, -0.2) is 0 Å². The van der Waals surface area contributed by atoms with Crippen LogP contribution in [0.3, 0.4) is 0 Å². The minimum atomic E-state index is -1.00. The molecule has 0 N–H and O–H groups in total. The van der Waals surface area contributed by atoms with Gasteiger partial charge in [0.05, 0.1) is 12.3 Å². The van der Waals surface area contributed by atoms with Crippen molar-refractivity contribution in [2.75, 3.05) is 18.3 Å². The van der Waals surface area contributed by atoms with E-state index in [-0.39, 0.29) is 31.5 Å². The Morgan fingerprint density at radius 3 is 2.67 bits per heavy atom. The Bertz CT molecular complexity index is 1510. The number of hydrogen-bond donors (Lipinski definition) is 0. The van der Waals surface area contributed by atoms with Gasteiger partial charge in [0, 0.05) is 39.4 Å². The van der Waals surface area contributed by atoms with Crippen LogP contribution in [-0.4, -0.2) is 31.1 Å². The lowest BCUT2D eigenvalue weighted by molar-refractivity contribution is -0.152. The Labute approximate surface area is 234 Å². The summed E-state index contributed by atoms with van der Waals surface area (Å²) in [6.45, 7) is 3.91. The number of benzene rings is 2. The predicted octanol–water partition coefficient (Wildman–Crippen LogP) is 6.15. The number of aryl methyl sites for hydroxylation is 1. The molecule has 0 bridgehead atoms. The van der Waals surface area contributed by atoms with Crippen molar-refractivity contribution in [3.05, 3.63) is 86.2 Å². The highest BCUT2D eigenvalue weighted by atomic mass is 35.5. The van der Waals surface area contributed by atoms with Crippen molar-refractivity contribution in [2.24, 2.45) is 5.92 Å². The quantitative estimate of drug-likeness (QED) is 0.273. The first-order valence-corrected chi connectivity index (χ1v) is 14.1. The molecule has 3 aromatic rings. The number of thiophene rings is 1. The minimum absolute atomic E-state index is 0.0505. The topological polar surface area (TPSA) is 82.1 Å². The zero-order valence-electron chi connectivity index (χ0n) is 21.4. The predicted molar refractivity (Wildman–Crippen MR) is 147 cm³/mol. The van der Waals surface area contributed by atoms with Gasteiger partial charge in [0.25, 0.3) is 0 Å². The average Bonchev–Trinajstić information content (AvgIpc) is 3.62. The molecule has 9 heteroatoms. The van der Waals surface area contributed by atoms with E-state index in [1.165, 1.54) is 11.3 Å². The molecule has 0 saturated heterocycles. The van der Waals surface area contributed by atoms with Gasteiger partial charge in [0.15, 0.2) is 17.3 Å². The summed E-state index contributed by atoms with van der Waals surface area (Å²) in [4.78, 5) is 44.1. The lowest BCUT2D eigenvalue weighted by atomic mass is 9.69. The molecule has 2 aromatic carbocycles. The number of ether oxygens (including phenoxy) is 3. The molecule has 0 unspecified atom stereocenters. The van der Waals surface area contributed by atoms with Crippen molar-refractivity contribution < 1.29 is 28.6 Å². The highest BCUT2D eigenvalue weighted by Crippen LogP contribution is 2.51. The third-order valence-electron chi connectivity index (χ3n) is 7.58. The maximum absolute atomic E-state index is 14.4. The van der Waals surface area contributed by atoms with Gasteiger partial charge in [-0.15, -0.1) is 11.3 Å². The number of hydrogen-bond acceptors (Lipinski definition) is 7. The van der Waals surface area contributed by atoms with E-state index < -0.39 is 23.7 Å². The lowest BCUT2D eigenvalue weighted by Gasteiger charge is -2.42. The molecule has 1 aliphatic carbocycles. The number of ketones is 1. The Kier molecular flexibility index (Phi) is 6.69. The highest BCUT2D eigenvalue weighted by molar-refractivity contribution is 7.10. The van der Waals surface area contributed by atoms with Crippen molar-refractivity contribution in [3.63, 3.8) is 0 Å². The number of carbonyl (C=O) groups excluding carboxylic acids is 3. The second-order valence-electron chi connectivity index (χ2n) is 9.81. The maximum atomic E-state index is 14.4. The molecule has 0 fully saturated rings. The number of allylic oxidation sites excluding steroid dienone is 2. The van der Waals surface area contributed by atoms with E-state index in [9.17, 15) is 14.4 Å². The molecule has 39 heavy (non-hydrogen) atoms. The summed E-state index contributed by atoms with van der Waals surface area (Å²) in [6.07, 6.45) is 0.373. The number of carbonyl (C=O) groups is 3. The first-order chi connectivity index (χ1) is 18.9. The summed E-state index contributed by atoms with van der Waals surface area (Å²) in [5, 5.41) is 2.45. The van der Waals surface area contributed by atoms with E-state index in [0.29, 0.717) is 39.9 Å². The number of Topliss-reactive ketones (excluding diaryl/α,β-unsaturated/α-hetero) is 1. The van der Waals surface area contributed by atoms with Gasteiger partial charge in [0.1, 0.15) is 5.92 Å². The Morgan fingerprint density at radius 1 is 1.10 bits per heavy atom. The summed E-state index contributed by atoms with van der Waals surface area (Å²) < 4.78 is 16.5. The van der Waals surface area contributed by atoms with Crippen molar-refractivity contribution in [2.45, 2.75) is 38.5 Å². The molecule has 1 amide bonds. The van der Waals surface area contributed by atoms with Crippen LogP contribution in [0.2, 0.25) is 5.02 Å². The Hall–Kier alpha value is -3.62. The minimum Gasteiger partial charge on any atom is -0.465 e. The number of nitrogens with zero attached hydrogens (tertiary/aromatic N) is 1. The van der Waals surface area contributed by atoms with Crippen LogP contribution < -0.4 is 14.4 Å². The molecule has 0 saturated carbocycles. The summed E-state index contributed by atoms with van der Waals surface area (Å²) >= 11 is 7.95. The van der Waals surface area contributed by atoms with Crippen LogP contribution in [0.1, 0.15) is 47.6 Å². The number of anilines is 1. The van der Waals surface area contributed by atoms with Crippen LogP contribution in [0.15, 0.2) is 65.2 Å². The molecular weight excluding hydrogens is 538 g/mol. The number of halogens is 1. The third-order valence-corrected chi connectivity index (χ3v) is 8.99. The second-order valence-corrected chi connectivity index (χ2v) is 11.2. The van der Waals surface area contributed by atoms with Gasteiger partial charge in [-0.1, -0.05) is 29.8 Å². The van der Waals surface area contributed by atoms with E-state index in [0.717, 1.165) is 16.0 Å². The molecule has 7 nitrogen and oxygen atoms in total. The van der Waals surface area contributed by atoms with Gasteiger partial charge in [-0.05, 0) is 67.1 Å². The van der Waals surface area contributed by atoms with E-state index in [1.54, 1.807) is 24.0 Å². The number of fused-ring (bicyclic) bond motifs is 1. The third kappa shape index (κ3) is 4.41. The Balaban J connectivity index is 1.55. The van der Waals surface area contributed by atoms with Crippen molar-refractivity contribution in [1.29, 1.82) is 0 Å². The van der Waals surface area contributed by atoms with E-state index in [2.05, 4.69) is 0 Å². The maximum Gasteiger partial charge on any atom is 0.317 e. The Morgan fingerprint density at radius 2 is 1.92 bits per heavy atom. The molecule has 6 rings (SSSR count). The molecule has 3 heterocycles. The van der Waals surface area contributed by atoms with Gasteiger partial charge < -0.3 is 14.2 Å². The SMILES string of the molecule is CCOC(=O)[C@@H]1C(=O)C2=C(C[C@@H]1c1cccs1)N(c1ccc(C)c(Cl)c1)C(=O)C[C@@H]2c1ccc2c(c1)OCO2. The molecule has 0 spiro atoms. The molecule has 1 aromatic heterocycles. The van der Waals surface area contributed by atoms with E-state index in [1.807, 2.05) is 48.7 Å². The smallest absolute Gasteiger partial charge is 0.317 e. The number of esters is 1. The van der Waals surface area contributed by atoms with E-state index >= 15 is 0 Å². The van der Waals surface area contributed by atoms with Gasteiger partial charge in [-0.3, -0.25) is 19.3 Å². The largest absolute Gasteiger partial charge is 0.465 e. The van der Waals surface area contributed by atoms with Crippen molar-refractivity contribution in [1.82, 2.24) is 0 Å². The van der Waals surface area contributed by atoms with Crippen LogP contribution in [-0.2, 0) is 19.1 Å². The first kappa shape index (κ1) is 25.6. The van der Waals surface area contributed by atoms with Gasteiger partial charge in [0.2, 0.25) is 12.7 Å². The van der Waals surface area contributed by atoms with Crippen LogP contribution >= 0.6 is 22.9 Å². The van der Waals surface area contributed by atoms with Crippen molar-refractivity contribution in [3.8, 4) is 11.5 Å². The lowest BCUT2D eigenvalue weighted by Crippen LogP contribution is -2.46. The molecule has 200 valence electrons. The fraction of sp³-hybridized carbons (Fsp3) is 0.300. The van der Waals surface area contributed by atoms with Crippen LogP contribution in [0.25, 0.3) is 0 Å². The number of amides is 1. The summed E-state index contributed by atoms with van der Waals surface area (Å²) in [5.41, 5.74) is 3.29. The summed E-state index contributed by atoms with van der Waals surface area (Å²) in [5.74, 6) is -1.83. The fourth-order valence-electron chi connectivity index (χ4n) is 5.74. The zero-order chi connectivity index (χ0) is 27.3. The average molecular weight is 564 g/mol. The van der Waals surface area contributed by atoms with Crippen molar-refractivity contribution >= 4 is 46.3 Å². The molecule has 2 aliphatic heterocycles. The standard InChI is InChI=1S/C30H26ClNO6S/c1-3-36-30(35)28-20(25-5-4-10-39-25)13-22-27(29(28)34)19(17-7-9-23-24(11-17)38-15-37-23)14-26(33)32(22)18-8-6-16(2)21(31)12-18/h4-12,19-20,28H,3,13-15H2,1-2H3/t19-,20-,28+/m1/s1. The molecular formula is C30H26ClNO6S. The highest BCUT2D eigenvalue weighted by Gasteiger charge is 2.50. The van der Waals surface area contributed by atoms with E-state index in [4.69, 9.17) is 25.8 Å². The summed E-state index contributed by atoms with van der Waals surface area (Å²) in [6, 6.07) is 14.7. The van der Waals surface area contributed by atoms with Gasteiger partial charge in [-0.2, -0.15) is 0 Å². The number of rotatable bonds is 5. The zero-order valence-corrected chi connectivity index (χ0v) is 23.0. The monoisotopic (exact) mass is 563 g/mol. The fourth-order valence-corrected chi connectivity index (χ4v) is 6.78. The van der Waals surface area contributed by atoms with Crippen LogP contribution in [0, 0.1) is 12.8 Å². The molecule has 3 aliphatic rings. The van der Waals surface area contributed by atoms with Crippen LogP contribution in [0.4, 0.5) is 5.69 Å². The molecule has 0 radical (unpaired) electrons. The second kappa shape index (κ2) is 10.2. The molecule has 3 atom stereocenters. The van der Waals surface area contributed by atoms with Crippen LogP contribution in [0.5, 0.6) is 11.5 Å². The normalized spacial score (nSPS) is 22.2. The summed E-state index contributed by atoms with van der Waals surface area (Å²) in [7, 11) is 0. The first-order valence-electron chi connectivity index (χ1n) is 12.8. The van der Waals surface area contributed by atoms with Gasteiger partial charge >= 0.3 is 5.97 Å².